The molecule has 0 saturated heterocycles. The highest BCUT2D eigenvalue weighted by molar-refractivity contribution is 8.06. The molecule has 0 radical (unpaired) electrons. The van der Waals surface area contributed by atoms with Gasteiger partial charge in [-0.25, -0.2) is 0 Å². The van der Waals surface area contributed by atoms with Crippen LogP contribution in [0.4, 0.5) is 0 Å². The molecule has 0 bridgehead atoms. The molecule has 0 aliphatic rings. The van der Waals surface area contributed by atoms with Gasteiger partial charge in [0.2, 0.25) is 0 Å². The van der Waals surface area contributed by atoms with Crippen molar-refractivity contribution < 1.29 is 23.8 Å². The van der Waals surface area contributed by atoms with E-state index in [1.165, 1.54) is 96.3 Å². The Morgan fingerprint density at radius 3 is 1.48 bits per heavy atom. The first kappa shape index (κ1) is 29.5. The number of hydrogen-bond donors (Lipinski definition) is 2. The molecule has 1 atom stereocenters. The van der Waals surface area contributed by atoms with Crippen molar-refractivity contribution in [3.05, 3.63) is 0 Å². The van der Waals surface area contributed by atoms with Gasteiger partial charge < -0.3 is 23.8 Å². The molecular formula is C22H47O5PS. The average Bonchev–Trinajstić information content (AvgIpc) is 2.68. The molecule has 2 N–H and O–H groups in total. The largest absolute Gasteiger partial charge is 0.379 e. The third-order valence-corrected chi connectivity index (χ3v) is 6.01. The van der Waals surface area contributed by atoms with Crippen LogP contribution in [0.2, 0.25) is 0 Å². The van der Waals surface area contributed by atoms with Gasteiger partial charge in [0, 0.05) is 13.7 Å². The lowest BCUT2D eigenvalue weighted by Gasteiger charge is -2.17. The predicted octanol–water partition coefficient (Wildman–Crippen LogP) is 6.51. The average molecular weight is 455 g/mol. The molecule has 0 heterocycles. The van der Waals surface area contributed by atoms with Crippen LogP contribution in [0, 0.1) is 0 Å². The smallest absolute Gasteiger partial charge is 0.321 e. The highest BCUT2D eigenvalue weighted by Crippen LogP contribution is 2.36. The van der Waals surface area contributed by atoms with Crippen LogP contribution >= 0.6 is 6.72 Å². The normalized spacial score (nSPS) is 13.1. The van der Waals surface area contributed by atoms with Crippen molar-refractivity contribution in [3.63, 3.8) is 0 Å². The fourth-order valence-electron chi connectivity index (χ4n) is 3.33. The predicted molar refractivity (Wildman–Crippen MR) is 126 cm³/mol. The van der Waals surface area contributed by atoms with Gasteiger partial charge in [-0.3, -0.25) is 0 Å². The van der Waals surface area contributed by atoms with Gasteiger partial charge in [-0.2, -0.15) is 0 Å². The molecule has 0 aliphatic heterocycles. The van der Waals surface area contributed by atoms with Crippen molar-refractivity contribution in [1.82, 2.24) is 0 Å². The van der Waals surface area contributed by atoms with E-state index in [2.05, 4.69) is 18.7 Å². The first-order chi connectivity index (χ1) is 14.0. The highest BCUT2D eigenvalue weighted by Gasteiger charge is 2.14. The molecule has 0 aromatic carbocycles. The van der Waals surface area contributed by atoms with Gasteiger partial charge >= 0.3 is 6.72 Å². The van der Waals surface area contributed by atoms with Gasteiger partial charge in [-0.05, 0) is 18.2 Å². The van der Waals surface area contributed by atoms with Gasteiger partial charge in [0.05, 0.1) is 13.2 Å². The SMILES string of the molecule is CCCCCCCCCCCCCCCCCCOC[C@@H](COP(O)(O)=S)OC. The Balaban J connectivity index is 3.22. The van der Waals surface area contributed by atoms with Crippen molar-refractivity contribution in [1.29, 1.82) is 0 Å². The Hall–Kier alpha value is 0.450. The molecule has 176 valence electrons. The summed E-state index contributed by atoms with van der Waals surface area (Å²) in [5, 5.41) is 0. The minimum Gasteiger partial charge on any atom is -0.379 e. The molecule has 0 aliphatic carbocycles. The van der Waals surface area contributed by atoms with E-state index >= 15 is 0 Å². The van der Waals surface area contributed by atoms with Crippen LogP contribution in [-0.4, -0.2) is 42.8 Å². The van der Waals surface area contributed by atoms with Crippen LogP contribution in [0.5, 0.6) is 0 Å². The van der Waals surface area contributed by atoms with Crippen molar-refractivity contribution in [2.45, 2.75) is 116 Å². The fourth-order valence-corrected chi connectivity index (χ4v) is 3.87. The van der Waals surface area contributed by atoms with Crippen molar-refractivity contribution in [2.75, 3.05) is 26.9 Å². The second-order valence-corrected chi connectivity index (χ2v) is 10.7. The number of ether oxygens (including phenoxy) is 2. The van der Waals surface area contributed by atoms with Crippen molar-refractivity contribution in [3.8, 4) is 0 Å². The third-order valence-electron chi connectivity index (χ3n) is 5.21. The summed E-state index contributed by atoms with van der Waals surface area (Å²) in [5.74, 6) is 0. The van der Waals surface area contributed by atoms with Gasteiger partial charge in [-0.1, -0.05) is 103 Å². The first-order valence-corrected chi connectivity index (χ1v) is 14.4. The van der Waals surface area contributed by atoms with Gasteiger partial charge in [0.25, 0.3) is 0 Å². The minimum absolute atomic E-state index is 0.0414. The maximum absolute atomic E-state index is 9.05. The maximum Gasteiger partial charge on any atom is 0.321 e. The molecule has 29 heavy (non-hydrogen) atoms. The summed E-state index contributed by atoms with van der Waals surface area (Å²) >= 11 is 4.42. The highest BCUT2D eigenvalue weighted by atomic mass is 32.5. The molecule has 0 aromatic heterocycles. The third kappa shape index (κ3) is 24.6. The van der Waals surface area contributed by atoms with Gasteiger partial charge in [0.15, 0.2) is 0 Å². The zero-order valence-electron chi connectivity index (χ0n) is 19.0. The maximum atomic E-state index is 9.05. The molecular weight excluding hydrogens is 407 g/mol. The van der Waals surface area contributed by atoms with E-state index in [4.69, 9.17) is 23.8 Å². The molecule has 0 saturated carbocycles. The number of methoxy groups -OCH3 is 1. The summed E-state index contributed by atoms with van der Waals surface area (Å²) in [7, 11) is 1.55. The molecule has 0 rings (SSSR count). The summed E-state index contributed by atoms with van der Waals surface area (Å²) in [6.45, 7) is -0.218. The second-order valence-electron chi connectivity index (χ2n) is 8.02. The Morgan fingerprint density at radius 2 is 1.10 bits per heavy atom. The van der Waals surface area contributed by atoms with Crippen molar-refractivity contribution >= 4 is 18.5 Å². The Kier molecular flexibility index (Phi) is 22.0. The van der Waals surface area contributed by atoms with E-state index in [9.17, 15) is 0 Å². The van der Waals surface area contributed by atoms with Crippen LogP contribution in [0.25, 0.3) is 0 Å². The number of unbranched alkanes of at least 4 members (excludes halogenated alkanes) is 15. The first-order valence-electron chi connectivity index (χ1n) is 11.8. The monoisotopic (exact) mass is 454 g/mol. The summed E-state index contributed by atoms with van der Waals surface area (Å²) in [6, 6.07) is 0. The molecule has 0 fully saturated rings. The van der Waals surface area contributed by atoms with Crippen LogP contribution in [0.3, 0.4) is 0 Å². The summed E-state index contributed by atoms with van der Waals surface area (Å²) in [6.07, 6.45) is 21.4. The standard InChI is InChI=1S/C22H47O5PS/c1-3-4-5-6-7-8-9-10-11-12-13-14-15-16-17-18-19-26-20-22(25-2)21-27-28(23,24)29/h22H,3-21H2,1-2H3,(H2,23,24,29)/t22-/m0/s1. The number of rotatable bonds is 23. The molecule has 7 heteroatoms. The van der Waals surface area contributed by atoms with E-state index in [0.29, 0.717) is 13.2 Å². The second kappa shape index (κ2) is 21.7. The Morgan fingerprint density at radius 1 is 0.690 bits per heavy atom. The topological polar surface area (TPSA) is 68.2 Å². The lowest BCUT2D eigenvalue weighted by atomic mass is 10.0. The van der Waals surface area contributed by atoms with Crippen LogP contribution in [0.1, 0.15) is 110 Å². The fraction of sp³-hybridized carbons (Fsp3) is 1.00. The van der Waals surface area contributed by atoms with E-state index in [1.54, 1.807) is 7.11 Å². The molecule has 0 unspecified atom stereocenters. The summed E-state index contributed by atoms with van der Waals surface area (Å²) in [5.41, 5.74) is 0. The van der Waals surface area contributed by atoms with Gasteiger partial charge in [-0.15, -0.1) is 0 Å². The number of hydrogen-bond acceptors (Lipinski definition) is 4. The minimum atomic E-state index is -3.61. The van der Waals surface area contributed by atoms with E-state index in [-0.39, 0.29) is 12.7 Å². The van der Waals surface area contributed by atoms with Gasteiger partial charge in [0.1, 0.15) is 6.10 Å². The summed E-state index contributed by atoms with van der Waals surface area (Å²) in [4.78, 5) is 18.1. The van der Waals surface area contributed by atoms with E-state index in [0.717, 1.165) is 6.42 Å². The molecule has 0 amide bonds. The molecule has 5 nitrogen and oxygen atoms in total. The Bertz CT molecular complexity index is 378. The van der Waals surface area contributed by atoms with E-state index < -0.39 is 6.72 Å². The van der Waals surface area contributed by atoms with Crippen LogP contribution < -0.4 is 0 Å². The van der Waals surface area contributed by atoms with Crippen LogP contribution in [-0.2, 0) is 25.8 Å². The quantitative estimate of drug-likeness (QED) is 0.136. The zero-order valence-corrected chi connectivity index (χ0v) is 20.7. The molecule has 0 spiro atoms. The summed E-state index contributed by atoms with van der Waals surface area (Å²) < 4.78 is 15.6. The van der Waals surface area contributed by atoms with E-state index in [1.807, 2.05) is 0 Å². The molecule has 0 aromatic rings. The zero-order chi connectivity index (χ0) is 21.6. The lowest BCUT2D eigenvalue weighted by molar-refractivity contribution is -0.0173. The lowest BCUT2D eigenvalue weighted by Crippen LogP contribution is -2.24. The van der Waals surface area contributed by atoms with Crippen LogP contribution in [0.15, 0.2) is 0 Å². The van der Waals surface area contributed by atoms with Crippen molar-refractivity contribution in [2.24, 2.45) is 0 Å². The Labute approximate surface area is 185 Å².